The van der Waals surface area contributed by atoms with Crippen molar-refractivity contribution in [2.75, 3.05) is 24.6 Å². The minimum absolute atomic E-state index is 0.0295. The predicted octanol–water partition coefficient (Wildman–Crippen LogP) is 0.578. The molecule has 0 spiro atoms. The topological polar surface area (TPSA) is 87.7 Å². The molecule has 7 nitrogen and oxygen atoms in total. The lowest BCUT2D eigenvalue weighted by atomic mass is 10.0. The monoisotopic (exact) mass is 365 g/mol. The van der Waals surface area contributed by atoms with Crippen molar-refractivity contribution in [3.05, 3.63) is 30.1 Å². The zero-order valence-corrected chi connectivity index (χ0v) is 15.3. The summed E-state index contributed by atoms with van der Waals surface area (Å²) >= 11 is 0. The van der Waals surface area contributed by atoms with Gasteiger partial charge >= 0.3 is 0 Å². The van der Waals surface area contributed by atoms with Gasteiger partial charge in [-0.3, -0.25) is 14.6 Å². The summed E-state index contributed by atoms with van der Waals surface area (Å²) in [5.74, 6) is -0.175. The number of piperazine rings is 1. The Balaban J connectivity index is 1.86. The molecule has 1 aromatic heterocycles. The quantitative estimate of drug-likeness (QED) is 0.782. The number of fused-ring (bicyclic) bond motifs is 1. The van der Waals surface area contributed by atoms with Crippen LogP contribution in [0.15, 0.2) is 24.5 Å². The van der Waals surface area contributed by atoms with Crippen LogP contribution in [0.25, 0.3) is 0 Å². The van der Waals surface area contributed by atoms with Crippen LogP contribution in [0.3, 0.4) is 0 Å². The van der Waals surface area contributed by atoms with Crippen LogP contribution in [-0.2, 0) is 14.6 Å². The zero-order valence-electron chi connectivity index (χ0n) is 14.5. The number of nitrogens with zero attached hydrogens (tertiary/aromatic N) is 3. The third kappa shape index (κ3) is 3.68. The Hall–Kier alpha value is -1.96. The Labute approximate surface area is 147 Å². The van der Waals surface area contributed by atoms with Crippen molar-refractivity contribution in [3.63, 3.8) is 0 Å². The molecular formula is C17H23N3O4S. The van der Waals surface area contributed by atoms with Gasteiger partial charge in [0.1, 0.15) is 0 Å². The van der Waals surface area contributed by atoms with E-state index >= 15 is 0 Å². The van der Waals surface area contributed by atoms with Crippen LogP contribution in [0.2, 0.25) is 0 Å². The number of carbonyl (C=O) groups is 2. The molecule has 3 rings (SSSR count). The van der Waals surface area contributed by atoms with Crippen LogP contribution in [-0.4, -0.2) is 71.7 Å². The highest BCUT2D eigenvalue weighted by atomic mass is 32.2. The minimum atomic E-state index is -3.27. The highest BCUT2D eigenvalue weighted by Crippen LogP contribution is 2.29. The Bertz CT molecular complexity index is 763. The number of pyridine rings is 1. The second kappa shape index (κ2) is 6.74. The second-order valence-corrected chi connectivity index (χ2v) is 9.28. The summed E-state index contributed by atoms with van der Waals surface area (Å²) in [5, 5.41) is 0. The maximum absolute atomic E-state index is 12.8. The summed E-state index contributed by atoms with van der Waals surface area (Å²) in [6.07, 6.45) is 3.47. The fraction of sp³-hybridized carbons (Fsp3) is 0.588. The first kappa shape index (κ1) is 17.8. The van der Waals surface area contributed by atoms with Gasteiger partial charge in [-0.2, -0.15) is 0 Å². The van der Waals surface area contributed by atoms with Crippen molar-refractivity contribution in [2.24, 2.45) is 5.92 Å². The molecule has 2 saturated heterocycles. The standard InChI is InChI=1S/C17H23N3O4S/c1-12(2)9-16(21)19-7-8-20(15-11-25(23,24)10-14(15)19)17(22)13-3-5-18-6-4-13/h3-6,12,14-15H,7-11H2,1-2H3/t14-,15+/m0/s1. The summed E-state index contributed by atoms with van der Waals surface area (Å²) in [4.78, 5) is 32.5. The molecule has 0 saturated carbocycles. The molecule has 2 amide bonds. The van der Waals surface area contributed by atoms with E-state index in [2.05, 4.69) is 4.98 Å². The Morgan fingerprint density at radius 2 is 1.68 bits per heavy atom. The number of sulfone groups is 1. The SMILES string of the molecule is CC(C)CC(=O)N1CCN(C(=O)c2ccncc2)[C@@H]2CS(=O)(=O)C[C@@H]21. The van der Waals surface area contributed by atoms with E-state index in [0.717, 1.165) is 0 Å². The van der Waals surface area contributed by atoms with Gasteiger partial charge in [-0.15, -0.1) is 0 Å². The summed E-state index contributed by atoms with van der Waals surface area (Å²) in [6, 6.07) is 2.32. The molecule has 136 valence electrons. The summed E-state index contributed by atoms with van der Waals surface area (Å²) in [7, 11) is -3.27. The van der Waals surface area contributed by atoms with Crippen LogP contribution in [0.5, 0.6) is 0 Å². The maximum atomic E-state index is 12.8. The third-order valence-corrected chi connectivity index (χ3v) is 6.47. The molecule has 0 bridgehead atoms. The van der Waals surface area contributed by atoms with E-state index in [1.807, 2.05) is 13.8 Å². The van der Waals surface area contributed by atoms with Gasteiger partial charge in [-0.1, -0.05) is 13.8 Å². The predicted molar refractivity (Wildman–Crippen MR) is 92.7 cm³/mol. The molecule has 0 radical (unpaired) electrons. The lowest BCUT2D eigenvalue weighted by molar-refractivity contribution is -0.137. The molecule has 2 fully saturated rings. The van der Waals surface area contributed by atoms with Crippen LogP contribution < -0.4 is 0 Å². The van der Waals surface area contributed by atoms with Crippen LogP contribution in [0.1, 0.15) is 30.6 Å². The van der Waals surface area contributed by atoms with E-state index in [0.29, 0.717) is 25.1 Å². The van der Waals surface area contributed by atoms with Gasteiger partial charge in [0.15, 0.2) is 9.84 Å². The van der Waals surface area contributed by atoms with Crippen molar-refractivity contribution in [1.82, 2.24) is 14.8 Å². The van der Waals surface area contributed by atoms with E-state index in [1.54, 1.807) is 34.3 Å². The largest absolute Gasteiger partial charge is 0.335 e. The zero-order chi connectivity index (χ0) is 18.2. The van der Waals surface area contributed by atoms with E-state index in [1.165, 1.54) is 0 Å². The average molecular weight is 365 g/mol. The maximum Gasteiger partial charge on any atom is 0.254 e. The van der Waals surface area contributed by atoms with Gasteiger partial charge in [-0.05, 0) is 18.1 Å². The van der Waals surface area contributed by atoms with Gasteiger partial charge < -0.3 is 9.80 Å². The molecule has 2 aliphatic rings. The third-order valence-electron chi connectivity index (χ3n) is 4.77. The first-order chi connectivity index (χ1) is 11.8. The molecule has 0 aromatic carbocycles. The van der Waals surface area contributed by atoms with Gasteiger partial charge in [-0.25, -0.2) is 8.42 Å². The molecule has 8 heteroatoms. The number of rotatable bonds is 3. The fourth-order valence-electron chi connectivity index (χ4n) is 3.64. The van der Waals surface area contributed by atoms with E-state index < -0.39 is 21.9 Å². The molecule has 1 aromatic rings. The van der Waals surface area contributed by atoms with Crippen molar-refractivity contribution in [1.29, 1.82) is 0 Å². The Morgan fingerprint density at radius 3 is 2.28 bits per heavy atom. The molecule has 25 heavy (non-hydrogen) atoms. The van der Waals surface area contributed by atoms with E-state index in [9.17, 15) is 18.0 Å². The second-order valence-electron chi connectivity index (χ2n) is 7.13. The molecule has 2 aliphatic heterocycles. The number of carbonyl (C=O) groups excluding carboxylic acids is 2. The molecular weight excluding hydrogens is 342 g/mol. The minimum Gasteiger partial charge on any atom is -0.335 e. The Kier molecular flexibility index (Phi) is 4.81. The normalized spacial score (nSPS) is 25.1. The summed E-state index contributed by atoms with van der Waals surface area (Å²) < 4.78 is 24.4. The number of hydrogen-bond acceptors (Lipinski definition) is 5. The highest BCUT2D eigenvalue weighted by Gasteiger charge is 2.49. The first-order valence-electron chi connectivity index (χ1n) is 8.49. The van der Waals surface area contributed by atoms with Gasteiger partial charge in [0.05, 0.1) is 23.6 Å². The molecule has 2 atom stereocenters. The Morgan fingerprint density at radius 1 is 1.12 bits per heavy atom. The van der Waals surface area contributed by atoms with E-state index in [-0.39, 0.29) is 29.2 Å². The number of hydrogen-bond donors (Lipinski definition) is 0. The van der Waals surface area contributed by atoms with Gasteiger partial charge in [0.2, 0.25) is 5.91 Å². The first-order valence-corrected chi connectivity index (χ1v) is 10.3. The molecule has 0 aliphatic carbocycles. The lowest BCUT2D eigenvalue weighted by Gasteiger charge is -2.44. The molecule has 3 heterocycles. The van der Waals surface area contributed by atoms with Crippen molar-refractivity contribution < 1.29 is 18.0 Å². The van der Waals surface area contributed by atoms with Crippen molar-refractivity contribution >= 4 is 21.7 Å². The molecule has 0 N–H and O–H groups in total. The number of aromatic nitrogens is 1. The van der Waals surface area contributed by atoms with Crippen molar-refractivity contribution in [3.8, 4) is 0 Å². The fourth-order valence-corrected chi connectivity index (χ4v) is 5.62. The molecule has 0 unspecified atom stereocenters. The average Bonchev–Trinajstić information content (AvgIpc) is 2.88. The smallest absolute Gasteiger partial charge is 0.254 e. The van der Waals surface area contributed by atoms with Gasteiger partial charge in [0.25, 0.3) is 5.91 Å². The lowest BCUT2D eigenvalue weighted by Crippen LogP contribution is -2.62. The number of amides is 2. The van der Waals surface area contributed by atoms with Gasteiger partial charge in [0, 0.05) is 37.5 Å². The summed E-state index contributed by atoms with van der Waals surface area (Å²) in [5.41, 5.74) is 0.486. The highest BCUT2D eigenvalue weighted by molar-refractivity contribution is 7.91. The summed E-state index contributed by atoms with van der Waals surface area (Å²) in [6.45, 7) is 4.65. The van der Waals surface area contributed by atoms with Crippen LogP contribution >= 0.6 is 0 Å². The van der Waals surface area contributed by atoms with Crippen LogP contribution in [0, 0.1) is 5.92 Å². The van der Waals surface area contributed by atoms with Crippen molar-refractivity contribution in [2.45, 2.75) is 32.4 Å². The van der Waals surface area contributed by atoms with Crippen LogP contribution in [0.4, 0.5) is 0 Å². The van der Waals surface area contributed by atoms with E-state index in [4.69, 9.17) is 0 Å².